The zero-order valence-electron chi connectivity index (χ0n) is 21.0. The van der Waals surface area contributed by atoms with Gasteiger partial charge in [0.05, 0.1) is 16.3 Å². The van der Waals surface area contributed by atoms with Crippen molar-refractivity contribution in [1.29, 1.82) is 0 Å². The molecular weight excluding hydrogens is 483 g/mol. The summed E-state index contributed by atoms with van der Waals surface area (Å²) in [5.41, 5.74) is 5.56. The van der Waals surface area contributed by atoms with E-state index in [1.165, 1.54) is 6.21 Å². The van der Waals surface area contributed by atoms with E-state index in [1.54, 1.807) is 24.3 Å². The van der Waals surface area contributed by atoms with Crippen molar-refractivity contribution in [3.63, 3.8) is 0 Å². The molecule has 0 saturated carbocycles. The zero-order valence-corrected chi connectivity index (χ0v) is 22.5. The molecule has 1 aromatic heterocycles. The number of aromatic hydroxyl groups is 1. The number of hydrogen-bond acceptors (Lipinski definition) is 4. The molecule has 1 amide bonds. The number of nitrogens with one attached hydrogen (secondary N) is 1. The molecule has 5 nitrogen and oxygen atoms in total. The highest BCUT2D eigenvalue weighted by molar-refractivity contribution is 6.43. The summed E-state index contributed by atoms with van der Waals surface area (Å²) in [6.07, 6.45) is 2.23. The first kappa shape index (κ1) is 26.8. The van der Waals surface area contributed by atoms with Gasteiger partial charge < -0.3 is 9.52 Å². The summed E-state index contributed by atoms with van der Waals surface area (Å²) in [6, 6.07) is 12.8. The van der Waals surface area contributed by atoms with Crippen LogP contribution in [0.5, 0.6) is 5.75 Å². The molecule has 35 heavy (non-hydrogen) atoms. The largest absolute Gasteiger partial charge is 0.507 e. The lowest BCUT2D eigenvalue weighted by molar-refractivity contribution is -0.121. The number of hydrazone groups is 1. The fourth-order valence-electron chi connectivity index (χ4n) is 3.72. The smallest absolute Gasteiger partial charge is 0.240 e. The van der Waals surface area contributed by atoms with Crippen LogP contribution in [0.4, 0.5) is 0 Å². The second kappa shape index (κ2) is 10.5. The first-order chi connectivity index (χ1) is 16.3. The van der Waals surface area contributed by atoms with Gasteiger partial charge in [-0.05, 0) is 58.2 Å². The third kappa shape index (κ3) is 6.68. The molecule has 0 saturated heterocycles. The highest BCUT2D eigenvalue weighted by Gasteiger charge is 2.26. The van der Waals surface area contributed by atoms with E-state index in [4.69, 9.17) is 27.6 Å². The third-order valence-corrected chi connectivity index (χ3v) is 6.47. The fraction of sp³-hybridized carbons (Fsp3) is 0.357. The van der Waals surface area contributed by atoms with E-state index in [-0.39, 0.29) is 23.2 Å². The second-order valence-electron chi connectivity index (χ2n) is 10.6. The molecule has 0 aliphatic carbocycles. The average Bonchev–Trinajstić information content (AvgIpc) is 3.22. The maximum Gasteiger partial charge on any atom is 0.240 e. The van der Waals surface area contributed by atoms with Gasteiger partial charge in [0.2, 0.25) is 5.91 Å². The topological polar surface area (TPSA) is 74.8 Å². The monoisotopic (exact) mass is 514 g/mol. The normalized spacial score (nSPS) is 12.3. The summed E-state index contributed by atoms with van der Waals surface area (Å²) in [6.45, 7) is 12.4. The molecule has 0 spiro atoms. The van der Waals surface area contributed by atoms with Crippen LogP contribution >= 0.6 is 23.2 Å². The summed E-state index contributed by atoms with van der Waals surface area (Å²) in [5.74, 6) is 1.15. The van der Waals surface area contributed by atoms with E-state index in [2.05, 4.69) is 52.1 Å². The maximum absolute atomic E-state index is 12.4. The Bertz CT molecular complexity index is 1210. The molecule has 3 aromatic rings. The summed E-state index contributed by atoms with van der Waals surface area (Å²) in [5, 5.41) is 15.7. The molecule has 7 heteroatoms. The SMILES string of the molecule is CC(C)(C)c1cc(CCC(=O)N/N=C\c2ccc(-c3cccc(Cl)c3Cl)o2)cc(C(C)(C)C)c1O. The van der Waals surface area contributed by atoms with Crippen LogP contribution in [0.3, 0.4) is 0 Å². The fourth-order valence-corrected chi connectivity index (χ4v) is 4.12. The summed E-state index contributed by atoms with van der Waals surface area (Å²) in [4.78, 5) is 12.4. The van der Waals surface area contributed by atoms with E-state index >= 15 is 0 Å². The Kier molecular flexibility index (Phi) is 8.03. The number of furan rings is 1. The van der Waals surface area contributed by atoms with Crippen molar-refractivity contribution in [1.82, 2.24) is 5.43 Å². The van der Waals surface area contributed by atoms with E-state index in [0.29, 0.717) is 39.3 Å². The Hall–Kier alpha value is -2.76. The number of phenols is 1. The first-order valence-electron chi connectivity index (χ1n) is 11.5. The minimum atomic E-state index is -0.218. The third-order valence-electron chi connectivity index (χ3n) is 5.65. The molecule has 0 bridgehead atoms. The molecule has 0 unspecified atom stereocenters. The highest BCUT2D eigenvalue weighted by atomic mass is 35.5. The number of hydrogen-bond donors (Lipinski definition) is 2. The van der Waals surface area contributed by atoms with Gasteiger partial charge in [-0.25, -0.2) is 5.43 Å². The molecule has 0 aliphatic rings. The van der Waals surface area contributed by atoms with E-state index < -0.39 is 0 Å². The van der Waals surface area contributed by atoms with Crippen LogP contribution in [0.15, 0.2) is 52.0 Å². The van der Waals surface area contributed by atoms with Gasteiger partial charge in [-0.1, -0.05) is 82.9 Å². The summed E-state index contributed by atoms with van der Waals surface area (Å²) >= 11 is 12.3. The van der Waals surface area contributed by atoms with Crippen molar-refractivity contribution in [3.8, 4) is 17.1 Å². The molecule has 2 N–H and O–H groups in total. The highest BCUT2D eigenvalue weighted by Crippen LogP contribution is 2.40. The molecule has 3 rings (SSSR count). The van der Waals surface area contributed by atoms with Crippen molar-refractivity contribution in [2.75, 3.05) is 0 Å². The van der Waals surface area contributed by atoms with Gasteiger partial charge >= 0.3 is 0 Å². The van der Waals surface area contributed by atoms with Crippen LogP contribution in [0.25, 0.3) is 11.3 Å². The number of carbonyl (C=O) groups is 1. The molecular formula is C28H32Cl2N2O3. The Morgan fingerprint density at radius 3 is 2.26 bits per heavy atom. The molecule has 0 aliphatic heterocycles. The lowest BCUT2D eigenvalue weighted by Crippen LogP contribution is -2.20. The molecule has 1 heterocycles. The van der Waals surface area contributed by atoms with Crippen LogP contribution in [-0.4, -0.2) is 17.2 Å². The van der Waals surface area contributed by atoms with Gasteiger partial charge in [0.1, 0.15) is 17.3 Å². The number of carbonyl (C=O) groups excluding carboxylic acids is 1. The van der Waals surface area contributed by atoms with E-state index in [0.717, 1.165) is 16.7 Å². The Balaban J connectivity index is 1.65. The lowest BCUT2D eigenvalue weighted by Gasteiger charge is -2.28. The van der Waals surface area contributed by atoms with E-state index in [9.17, 15) is 9.90 Å². The van der Waals surface area contributed by atoms with Gasteiger partial charge in [0.15, 0.2) is 0 Å². The quantitative estimate of drug-likeness (QED) is 0.262. The number of phenolic OH excluding ortho intramolecular Hbond substituents is 1. The summed E-state index contributed by atoms with van der Waals surface area (Å²) in [7, 11) is 0. The molecule has 0 atom stereocenters. The van der Waals surface area contributed by atoms with Crippen molar-refractivity contribution >= 4 is 35.3 Å². The lowest BCUT2D eigenvalue weighted by atomic mass is 9.78. The molecule has 186 valence electrons. The minimum absolute atomic E-state index is 0.214. The zero-order chi connectivity index (χ0) is 26.0. The predicted octanol–water partition coefficient (Wildman–Crippen LogP) is 7.64. The van der Waals surface area contributed by atoms with Gasteiger partial charge in [0.25, 0.3) is 0 Å². The van der Waals surface area contributed by atoms with Gasteiger partial charge in [-0.3, -0.25) is 4.79 Å². The van der Waals surface area contributed by atoms with Crippen LogP contribution in [0, 0.1) is 0 Å². The number of benzene rings is 2. The first-order valence-corrected chi connectivity index (χ1v) is 12.3. The van der Waals surface area contributed by atoms with E-state index in [1.807, 2.05) is 18.2 Å². The number of amides is 1. The Labute approximate surface area is 217 Å². The number of halogens is 2. The van der Waals surface area contributed by atoms with Gasteiger partial charge in [0, 0.05) is 12.0 Å². The number of rotatable bonds is 6. The molecule has 0 radical (unpaired) electrons. The standard InChI is InChI=1S/C28H32Cl2N2O3/c1-27(2,3)20-14-17(15-21(26(20)34)28(4,5)6)10-13-24(33)32-31-16-18-11-12-23(35-18)19-8-7-9-22(29)25(19)30/h7-9,11-12,14-16,34H,10,13H2,1-6H3,(H,32,33)/b31-16-. The van der Waals surface area contributed by atoms with Crippen LogP contribution in [0.1, 0.15) is 70.4 Å². The van der Waals surface area contributed by atoms with Crippen LogP contribution in [-0.2, 0) is 22.0 Å². The molecule has 0 fully saturated rings. The number of aryl methyl sites for hydroxylation is 1. The molecule has 2 aromatic carbocycles. The summed E-state index contributed by atoms with van der Waals surface area (Å²) < 4.78 is 5.75. The van der Waals surface area contributed by atoms with Crippen molar-refractivity contribution in [3.05, 3.63) is 75.0 Å². The van der Waals surface area contributed by atoms with Crippen molar-refractivity contribution in [2.24, 2.45) is 5.10 Å². The Morgan fingerprint density at radius 2 is 1.66 bits per heavy atom. The second-order valence-corrected chi connectivity index (χ2v) is 11.4. The number of nitrogens with zero attached hydrogens (tertiary/aromatic N) is 1. The van der Waals surface area contributed by atoms with Crippen molar-refractivity contribution in [2.45, 2.75) is 65.2 Å². The Morgan fingerprint density at radius 1 is 1.03 bits per heavy atom. The van der Waals surface area contributed by atoms with Gasteiger partial charge in [-0.2, -0.15) is 5.10 Å². The van der Waals surface area contributed by atoms with Gasteiger partial charge in [-0.15, -0.1) is 0 Å². The van der Waals surface area contributed by atoms with Crippen LogP contribution < -0.4 is 5.43 Å². The minimum Gasteiger partial charge on any atom is -0.507 e. The van der Waals surface area contributed by atoms with Crippen LogP contribution in [0.2, 0.25) is 10.0 Å². The van der Waals surface area contributed by atoms with Crippen molar-refractivity contribution < 1.29 is 14.3 Å². The average molecular weight is 515 g/mol. The maximum atomic E-state index is 12.4. The predicted molar refractivity (Wildman–Crippen MR) is 144 cm³/mol.